The molecule has 1 N–H and O–H groups in total. The highest BCUT2D eigenvalue weighted by Crippen LogP contribution is 2.32. The van der Waals surface area contributed by atoms with E-state index in [4.69, 9.17) is 4.52 Å². The molecule has 0 atom stereocenters. The second-order valence-corrected chi connectivity index (χ2v) is 6.20. The SMILES string of the molecule is CCc1noc(C)c1C(=O)Nc1ccccc1Sc1nncn1C. The molecule has 0 saturated heterocycles. The van der Waals surface area contributed by atoms with Gasteiger partial charge in [0.2, 0.25) is 0 Å². The van der Waals surface area contributed by atoms with E-state index in [-0.39, 0.29) is 5.91 Å². The van der Waals surface area contributed by atoms with Gasteiger partial charge in [0.25, 0.3) is 5.91 Å². The molecule has 3 rings (SSSR count). The number of rotatable bonds is 5. The molecule has 2 heterocycles. The standard InChI is InChI=1S/C16H17N5O2S/c1-4-11-14(10(2)23-20-11)15(22)18-12-7-5-6-8-13(12)24-16-19-17-9-21(16)3/h5-9H,4H2,1-3H3,(H,18,22). The normalized spacial score (nSPS) is 10.8. The van der Waals surface area contributed by atoms with Gasteiger partial charge < -0.3 is 14.4 Å². The Hall–Kier alpha value is -2.61. The molecule has 0 aliphatic heterocycles. The molecular formula is C16H17N5O2S. The summed E-state index contributed by atoms with van der Waals surface area (Å²) in [7, 11) is 1.87. The van der Waals surface area contributed by atoms with Crippen LogP contribution in [0.15, 0.2) is 45.2 Å². The maximum atomic E-state index is 12.6. The van der Waals surface area contributed by atoms with E-state index in [1.807, 2.05) is 42.8 Å². The van der Waals surface area contributed by atoms with Gasteiger partial charge in [-0.3, -0.25) is 4.79 Å². The molecule has 0 bridgehead atoms. The third-order valence-corrected chi connectivity index (χ3v) is 4.63. The molecule has 0 fully saturated rings. The van der Waals surface area contributed by atoms with Gasteiger partial charge in [0.1, 0.15) is 17.7 Å². The van der Waals surface area contributed by atoms with Crippen LogP contribution in [0.4, 0.5) is 5.69 Å². The van der Waals surface area contributed by atoms with Crippen LogP contribution in [-0.2, 0) is 13.5 Å². The number of anilines is 1. The molecule has 0 saturated carbocycles. The fourth-order valence-electron chi connectivity index (χ4n) is 2.26. The zero-order valence-corrected chi connectivity index (χ0v) is 14.4. The quantitative estimate of drug-likeness (QED) is 0.766. The van der Waals surface area contributed by atoms with Crippen molar-refractivity contribution in [3.8, 4) is 0 Å². The Morgan fingerprint density at radius 1 is 1.38 bits per heavy atom. The maximum Gasteiger partial charge on any atom is 0.261 e. The zero-order valence-electron chi connectivity index (χ0n) is 13.6. The molecule has 0 aliphatic carbocycles. The van der Waals surface area contributed by atoms with Gasteiger partial charge in [0, 0.05) is 11.9 Å². The molecule has 0 aliphatic rings. The molecule has 24 heavy (non-hydrogen) atoms. The van der Waals surface area contributed by atoms with E-state index in [1.165, 1.54) is 11.8 Å². The number of para-hydroxylation sites is 1. The third-order valence-electron chi connectivity index (χ3n) is 3.50. The van der Waals surface area contributed by atoms with Crippen LogP contribution in [0.25, 0.3) is 0 Å². The van der Waals surface area contributed by atoms with Crippen LogP contribution < -0.4 is 5.32 Å². The van der Waals surface area contributed by atoms with E-state index in [9.17, 15) is 4.79 Å². The highest BCUT2D eigenvalue weighted by Gasteiger charge is 2.20. The Morgan fingerprint density at radius 3 is 2.88 bits per heavy atom. The second-order valence-electron chi connectivity index (χ2n) is 5.19. The van der Waals surface area contributed by atoms with Crippen LogP contribution in [0, 0.1) is 6.92 Å². The van der Waals surface area contributed by atoms with E-state index < -0.39 is 0 Å². The topological polar surface area (TPSA) is 85.8 Å². The largest absolute Gasteiger partial charge is 0.361 e. The minimum Gasteiger partial charge on any atom is -0.361 e. The van der Waals surface area contributed by atoms with E-state index >= 15 is 0 Å². The van der Waals surface area contributed by atoms with Crippen LogP contribution in [0.1, 0.15) is 28.7 Å². The molecule has 2 aromatic heterocycles. The second kappa shape index (κ2) is 6.88. The summed E-state index contributed by atoms with van der Waals surface area (Å²) in [6.45, 7) is 3.67. The van der Waals surface area contributed by atoms with Crippen molar-refractivity contribution < 1.29 is 9.32 Å². The van der Waals surface area contributed by atoms with Crippen LogP contribution in [-0.4, -0.2) is 25.8 Å². The summed E-state index contributed by atoms with van der Waals surface area (Å²) in [5.41, 5.74) is 1.86. The number of hydrogen-bond donors (Lipinski definition) is 1. The molecule has 0 spiro atoms. The minimum absolute atomic E-state index is 0.225. The number of carbonyl (C=O) groups is 1. The maximum absolute atomic E-state index is 12.6. The number of nitrogens with zero attached hydrogens (tertiary/aromatic N) is 4. The van der Waals surface area contributed by atoms with E-state index in [0.29, 0.717) is 29.1 Å². The van der Waals surface area contributed by atoms with Gasteiger partial charge >= 0.3 is 0 Å². The smallest absolute Gasteiger partial charge is 0.261 e. The molecule has 1 aromatic carbocycles. The third kappa shape index (κ3) is 3.18. The average molecular weight is 343 g/mol. The van der Waals surface area contributed by atoms with Gasteiger partial charge in [0.15, 0.2) is 5.16 Å². The van der Waals surface area contributed by atoms with Crippen LogP contribution in [0.3, 0.4) is 0 Å². The highest BCUT2D eigenvalue weighted by atomic mass is 32.2. The Balaban J connectivity index is 1.86. The molecule has 124 valence electrons. The molecule has 1 amide bonds. The lowest BCUT2D eigenvalue weighted by molar-refractivity contribution is 0.102. The van der Waals surface area contributed by atoms with Crippen LogP contribution >= 0.6 is 11.8 Å². The van der Waals surface area contributed by atoms with Gasteiger partial charge in [-0.1, -0.05) is 24.2 Å². The van der Waals surface area contributed by atoms with E-state index in [0.717, 1.165) is 10.1 Å². The van der Waals surface area contributed by atoms with Crippen molar-refractivity contribution in [3.05, 3.63) is 47.6 Å². The summed E-state index contributed by atoms with van der Waals surface area (Å²) in [6, 6.07) is 7.56. The van der Waals surface area contributed by atoms with E-state index in [1.54, 1.807) is 13.3 Å². The van der Waals surface area contributed by atoms with Crippen LogP contribution in [0.2, 0.25) is 0 Å². The monoisotopic (exact) mass is 343 g/mol. The lowest BCUT2D eigenvalue weighted by Crippen LogP contribution is -2.15. The number of aromatic nitrogens is 4. The summed E-state index contributed by atoms with van der Waals surface area (Å²) < 4.78 is 6.96. The molecule has 0 unspecified atom stereocenters. The first kappa shape index (κ1) is 16.3. The molecule has 3 aromatic rings. The average Bonchev–Trinajstić information content (AvgIpc) is 3.15. The highest BCUT2D eigenvalue weighted by molar-refractivity contribution is 7.99. The van der Waals surface area contributed by atoms with Crippen molar-refractivity contribution in [2.45, 2.75) is 30.3 Å². The molecule has 8 heteroatoms. The summed E-state index contributed by atoms with van der Waals surface area (Å²) in [5.74, 6) is 0.291. The van der Waals surface area contributed by atoms with E-state index in [2.05, 4.69) is 20.7 Å². The van der Waals surface area contributed by atoms with Crippen molar-refractivity contribution in [2.75, 3.05) is 5.32 Å². The first-order valence-electron chi connectivity index (χ1n) is 7.47. The number of benzene rings is 1. The van der Waals surface area contributed by atoms with Gasteiger partial charge in [0.05, 0.1) is 11.4 Å². The lowest BCUT2D eigenvalue weighted by atomic mass is 10.1. The van der Waals surface area contributed by atoms with Gasteiger partial charge in [-0.05, 0) is 37.2 Å². The lowest BCUT2D eigenvalue weighted by Gasteiger charge is -2.10. The summed E-state index contributed by atoms with van der Waals surface area (Å²) >= 11 is 1.44. The number of carbonyl (C=O) groups excluding carboxylic acids is 1. The van der Waals surface area contributed by atoms with Crippen molar-refractivity contribution in [2.24, 2.45) is 7.05 Å². The fourth-order valence-corrected chi connectivity index (χ4v) is 3.11. The van der Waals surface area contributed by atoms with Crippen molar-refractivity contribution in [1.82, 2.24) is 19.9 Å². The Morgan fingerprint density at radius 2 is 2.17 bits per heavy atom. The zero-order chi connectivity index (χ0) is 17.1. The Kier molecular flexibility index (Phi) is 4.66. The number of hydrogen-bond acceptors (Lipinski definition) is 6. The minimum atomic E-state index is -0.225. The van der Waals surface area contributed by atoms with Gasteiger partial charge in [-0.15, -0.1) is 10.2 Å². The van der Waals surface area contributed by atoms with Crippen molar-refractivity contribution in [1.29, 1.82) is 0 Å². The van der Waals surface area contributed by atoms with Crippen molar-refractivity contribution >= 4 is 23.4 Å². The number of amides is 1. The summed E-state index contributed by atoms with van der Waals surface area (Å²) in [4.78, 5) is 13.5. The summed E-state index contributed by atoms with van der Waals surface area (Å²) in [5, 5.41) is 15.5. The summed E-state index contributed by atoms with van der Waals surface area (Å²) in [6.07, 6.45) is 2.27. The van der Waals surface area contributed by atoms with Gasteiger partial charge in [-0.2, -0.15) is 0 Å². The first-order chi connectivity index (χ1) is 11.6. The number of nitrogens with one attached hydrogen (secondary N) is 1. The molecule has 7 nitrogen and oxygen atoms in total. The predicted octanol–water partition coefficient (Wildman–Crippen LogP) is 3.08. The number of aryl methyl sites for hydroxylation is 3. The Bertz CT molecular complexity index is 871. The predicted molar refractivity (Wildman–Crippen MR) is 90.1 cm³/mol. The van der Waals surface area contributed by atoms with Gasteiger partial charge in [-0.25, -0.2) is 0 Å². The molecule has 0 radical (unpaired) electrons. The molecular weight excluding hydrogens is 326 g/mol. The van der Waals surface area contributed by atoms with Crippen molar-refractivity contribution in [3.63, 3.8) is 0 Å². The Labute approximate surface area is 143 Å². The first-order valence-corrected chi connectivity index (χ1v) is 8.29. The van der Waals surface area contributed by atoms with Crippen LogP contribution in [0.5, 0.6) is 0 Å². The fraction of sp³-hybridized carbons (Fsp3) is 0.250.